The number of nitrogen functional groups attached to an aromatic ring is 1. The lowest BCUT2D eigenvalue weighted by Crippen LogP contribution is -2.45. The number of nitrogens with two attached hydrogens (primary N) is 2. The van der Waals surface area contributed by atoms with Crippen molar-refractivity contribution in [2.75, 3.05) is 18.8 Å². The molecule has 1 aromatic rings. The number of carbonyl (C=O) groups is 1. The zero-order chi connectivity index (χ0) is 14.0. The summed E-state index contributed by atoms with van der Waals surface area (Å²) in [5.74, 6) is -0.473. The molecule has 1 aliphatic rings. The number of aliphatic hydroxyl groups is 1. The lowest BCUT2D eigenvalue weighted by atomic mass is 9.94. The molecule has 5 nitrogen and oxygen atoms in total. The minimum atomic E-state index is -0.625. The number of hydrogen-bond acceptors (Lipinski definition) is 4. The van der Waals surface area contributed by atoms with Crippen LogP contribution in [0.2, 0.25) is 0 Å². The normalized spacial score (nSPS) is 24.3. The zero-order valence-electron chi connectivity index (χ0n) is 11.2. The van der Waals surface area contributed by atoms with E-state index in [1.54, 1.807) is 12.1 Å². The highest BCUT2D eigenvalue weighted by molar-refractivity contribution is 5.93. The second-order valence-corrected chi connectivity index (χ2v) is 5.59. The van der Waals surface area contributed by atoms with E-state index in [4.69, 9.17) is 11.5 Å². The highest BCUT2D eigenvalue weighted by Crippen LogP contribution is 2.23. The zero-order valence-corrected chi connectivity index (χ0v) is 11.2. The Bertz CT molecular complexity index is 486. The number of rotatable bonds is 3. The summed E-state index contributed by atoms with van der Waals surface area (Å²) in [6, 6.07) is 5.13. The Morgan fingerprint density at radius 3 is 2.84 bits per heavy atom. The van der Waals surface area contributed by atoms with Gasteiger partial charge in [-0.2, -0.15) is 0 Å². The van der Waals surface area contributed by atoms with Crippen molar-refractivity contribution in [3.05, 3.63) is 29.3 Å². The van der Waals surface area contributed by atoms with Crippen molar-refractivity contribution in [3.8, 4) is 0 Å². The van der Waals surface area contributed by atoms with Crippen molar-refractivity contribution >= 4 is 11.6 Å². The van der Waals surface area contributed by atoms with E-state index < -0.39 is 11.5 Å². The van der Waals surface area contributed by atoms with Crippen molar-refractivity contribution in [2.24, 2.45) is 5.73 Å². The molecule has 2 rings (SSSR count). The summed E-state index contributed by atoms with van der Waals surface area (Å²) >= 11 is 0. The predicted octanol–water partition coefficient (Wildman–Crippen LogP) is 0.715. The van der Waals surface area contributed by atoms with Crippen LogP contribution in [0, 0.1) is 0 Å². The Kier molecular flexibility index (Phi) is 3.78. The molecule has 0 saturated carbocycles. The molecule has 1 aromatic carbocycles. The van der Waals surface area contributed by atoms with Crippen LogP contribution in [0.1, 0.15) is 35.7 Å². The third-order valence-corrected chi connectivity index (χ3v) is 3.58. The second-order valence-electron chi connectivity index (χ2n) is 5.59. The molecule has 1 atom stereocenters. The topological polar surface area (TPSA) is 92.6 Å². The largest absolute Gasteiger partial charge is 0.398 e. The molecule has 1 amide bonds. The summed E-state index contributed by atoms with van der Waals surface area (Å²) < 4.78 is 0. The van der Waals surface area contributed by atoms with Crippen LogP contribution < -0.4 is 11.5 Å². The van der Waals surface area contributed by atoms with Crippen LogP contribution in [0.5, 0.6) is 0 Å². The molecule has 1 aliphatic heterocycles. The molecule has 5 heteroatoms. The van der Waals surface area contributed by atoms with E-state index in [9.17, 15) is 9.90 Å². The smallest absolute Gasteiger partial charge is 0.248 e. The number of benzene rings is 1. The van der Waals surface area contributed by atoms with Gasteiger partial charge in [0.1, 0.15) is 0 Å². The number of piperidine rings is 1. The molecule has 1 unspecified atom stereocenters. The first kappa shape index (κ1) is 13.8. The summed E-state index contributed by atoms with van der Waals surface area (Å²) in [5.41, 5.74) is 12.5. The Balaban J connectivity index is 2.09. The third-order valence-electron chi connectivity index (χ3n) is 3.58. The molecule has 0 radical (unpaired) electrons. The standard InChI is InChI=1S/C14H21N3O2/c1-14(19)5-2-6-17(9-14)8-11-4-3-10(13(16)18)7-12(11)15/h3-4,7,19H,2,5-6,8-9,15H2,1H3,(H2,16,18). The molecule has 0 spiro atoms. The van der Waals surface area contributed by atoms with Crippen molar-refractivity contribution in [1.82, 2.24) is 4.90 Å². The maximum atomic E-state index is 11.1. The third kappa shape index (κ3) is 3.45. The van der Waals surface area contributed by atoms with Crippen LogP contribution in [0.25, 0.3) is 0 Å². The van der Waals surface area contributed by atoms with Gasteiger partial charge in [0.25, 0.3) is 0 Å². The van der Waals surface area contributed by atoms with Crippen LogP contribution in [0.3, 0.4) is 0 Å². The number of β-amino-alcohol motifs (C(OH)–C–C–N with tert-alkyl or cyclic N) is 1. The van der Waals surface area contributed by atoms with Crippen molar-refractivity contribution in [2.45, 2.75) is 31.9 Å². The summed E-state index contributed by atoms with van der Waals surface area (Å²) in [6.45, 7) is 4.14. The van der Waals surface area contributed by atoms with E-state index in [0.717, 1.165) is 24.9 Å². The average molecular weight is 263 g/mol. The maximum Gasteiger partial charge on any atom is 0.248 e. The van der Waals surface area contributed by atoms with Crippen LogP contribution in [-0.2, 0) is 6.54 Å². The highest BCUT2D eigenvalue weighted by atomic mass is 16.3. The van der Waals surface area contributed by atoms with Gasteiger partial charge in [-0.25, -0.2) is 0 Å². The molecular weight excluding hydrogens is 242 g/mol. The molecule has 19 heavy (non-hydrogen) atoms. The fraction of sp³-hybridized carbons (Fsp3) is 0.500. The lowest BCUT2D eigenvalue weighted by molar-refractivity contribution is -0.0180. The van der Waals surface area contributed by atoms with Gasteiger partial charge in [0.15, 0.2) is 0 Å². The molecule has 104 valence electrons. The van der Waals surface area contributed by atoms with Crippen molar-refractivity contribution < 1.29 is 9.90 Å². The fourth-order valence-corrected chi connectivity index (χ4v) is 2.59. The molecule has 5 N–H and O–H groups in total. The molecule has 1 fully saturated rings. The first-order valence-electron chi connectivity index (χ1n) is 6.50. The predicted molar refractivity (Wildman–Crippen MR) is 74.5 cm³/mol. The second kappa shape index (κ2) is 5.19. The van der Waals surface area contributed by atoms with Crippen LogP contribution in [-0.4, -0.2) is 34.6 Å². The Labute approximate surface area is 113 Å². The minimum absolute atomic E-state index is 0.423. The molecular formula is C14H21N3O2. The monoisotopic (exact) mass is 263 g/mol. The number of hydrogen-bond donors (Lipinski definition) is 3. The van der Waals surface area contributed by atoms with E-state index in [1.807, 2.05) is 13.0 Å². The highest BCUT2D eigenvalue weighted by Gasteiger charge is 2.28. The maximum absolute atomic E-state index is 11.1. The number of carbonyl (C=O) groups excluding carboxylic acids is 1. The van der Waals surface area contributed by atoms with E-state index >= 15 is 0 Å². The van der Waals surface area contributed by atoms with Gasteiger partial charge in [0, 0.05) is 24.3 Å². The average Bonchev–Trinajstić information content (AvgIpc) is 2.30. The van der Waals surface area contributed by atoms with Crippen LogP contribution in [0.15, 0.2) is 18.2 Å². The van der Waals surface area contributed by atoms with Crippen LogP contribution in [0.4, 0.5) is 5.69 Å². The molecule has 1 saturated heterocycles. The number of amides is 1. The van der Waals surface area contributed by atoms with Gasteiger partial charge in [-0.1, -0.05) is 6.07 Å². The SMILES string of the molecule is CC1(O)CCCN(Cc2ccc(C(N)=O)cc2N)C1. The molecule has 1 heterocycles. The Morgan fingerprint density at radius 2 is 2.26 bits per heavy atom. The first-order chi connectivity index (χ1) is 8.87. The quantitative estimate of drug-likeness (QED) is 0.700. The van der Waals surface area contributed by atoms with Crippen molar-refractivity contribution in [1.29, 1.82) is 0 Å². The number of primary amides is 1. The van der Waals surface area contributed by atoms with Gasteiger partial charge in [0.2, 0.25) is 5.91 Å². The number of nitrogens with zero attached hydrogens (tertiary/aromatic N) is 1. The molecule has 0 aliphatic carbocycles. The van der Waals surface area contributed by atoms with Gasteiger partial charge in [-0.3, -0.25) is 9.69 Å². The van der Waals surface area contributed by atoms with E-state index in [2.05, 4.69) is 4.90 Å². The summed E-state index contributed by atoms with van der Waals surface area (Å²) in [7, 11) is 0. The first-order valence-corrected chi connectivity index (χ1v) is 6.50. The van der Waals surface area contributed by atoms with E-state index in [0.29, 0.717) is 24.3 Å². The molecule has 0 aromatic heterocycles. The number of likely N-dealkylation sites (tertiary alicyclic amines) is 1. The summed E-state index contributed by atoms with van der Waals surface area (Å²) in [4.78, 5) is 13.2. The summed E-state index contributed by atoms with van der Waals surface area (Å²) in [5, 5.41) is 10.1. The molecule has 0 bridgehead atoms. The van der Waals surface area contributed by atoms with Gasteiger partial charge in [-0.05, 0) is 44.0 Å². The minimum Gasteiger partial charge on any atom is -0.398 e. The van der Waals surface area contributed by atoms with Gasteiger partial charge in [-0.15, -0.1) is 0 Å². The fourth-order valence-electron chi connectivity index (χ4n) is 2.59. The van der Waals surface area contributed by atoms with Crippen LogP contribution >= 0.6 is 0 Å². The van der Waals surface area contributed by atoms with E-state index in [-0.39, 0.29) is 0 Å². The van der Waals surface area contributed by atoms with Crippen molar-refractivity contribution in [3.63, 3.8) is 0 Å². The van der Waals surface area contributed by atoms with Gasteiger partial charge < -0.3 is 16.6 Å². The van der Waals surface area contributed by atoms with E-state index in [1.165, 1.54) is 0 Å². The Morgan fingerprint density at radius 1 is 1.53 bits per heavy atom. The van der Waals surface area contributed by atoms with Gasteiger partial charge in [0.05, 0.1) is 5.60 Å². The van der Waals surface area contributed by atoms with Gasteiger partial charge >= 0.3 is 0 Å². The Hall–Kier alpha value is -1.59. The number of anilines is 1. The lowest BCUT2D eigenvalue weighted by Gasteiger charge is -2.37. The summed E-state index contributed by atoms with van der Waals surface area (Å²) in [6.07, 6.45) is 1.81.